The number of aromatic nitrogens is 3. The molecule has 0 fully saturated rings. The van der Waals surface area contributed by atoms with E-state index >= 15 is 0 Å². The summed E-state index contributed by atoms with van der Waals surface area (Å²) >= 11 is 1.12. The molecule has 11 heteroatoms. The van der Waals surface area contributed by atoms with Crippen LogP contribution in [0.15, 0.2) is 52.7 Å². The van der Waals surface area contributed by atoms with Crippen LogP contribution in [0.5, 0.6) is 11.5 Å². The van der Waals surface area contributed by atoms with Crippen LogP contribution >= 0.6 is 11.8 Å². The molecule has 1 heterocycles. The van der Waals surface area contributed by atoms with Crippen molar-refractivity contribution in [2.45, 2.75) is 5.16 Å². The van der Waals surface area contributed by atoms with Crippen molar-refractivity contribution in [1.29, 1.82) is 0 Å². The van der Waals surface area contributed by atoms with E-state index in [4.69, 9.17) is 4.74 Å². The molecule has 0 saturated heterocycles. The van der Waals surface area contributed by atoms with E-state index in [2.05, 4.69) is 31.0 Å². The van der Waals surface area contributed by atoms with Gasteiger partial charge in [-0.25, -0.2) is 14.9 Å². The van der Waals surface area contributed by atoms with E-state index in [9.17, 15) is 14.3 Å². The number of nitrogens with zero attached hydrogens (tertiary/aromatic N) is 3. The molecule has 2 aromatic carbocycles. The molecule has 9 nitrogen and oxygen atoms in total. The second-order valence-corrected chi connectivity index (χ2v) is 6.55. The maximum atomic E-state index is 12.9. The third-order valence-corrected chi connectivity index (χ3v) is 4.38. The van der Waals surface area contributed by atoms with Gasteiger partial charge in [0.15, 0.2) is 0 Å². The van der Waals surface area contributed by atoms with Gasteiger partial charge >= 0.3 is 0 Å². The molecular formula is C18H17FN6O3S. The zero-order valence-corrected chi connectivity index (χ0v) is 16.0. The number of aromatic hydroxyl groups is 1. The number of hydrazone groups is 1. The van der Waals surface area contributed by atoms with Crippen molar-refractivity contribution in [3.8, 4) is 11.5 Å². The lowest BCUT2D eigenvalue weighted by Gasteiger charge is -2.03. The number of methoxy groups -OCH3 is 1. The van der Waals surface area contributed by atoms with Crippen molar-refractivity contribution < 1.29 is 19.0 Å². The molecule has 150 valence electrons. The van der Waals surface area contributed by atoms with Crippen molar-refractivity contribution in [3.63, 3.8) is 0 Å². The molecule has 0 atom stereocenters. The van der Waals surface area contributed by atoms with E-state index in [1.165, 1.54) is 43.7 Å². The Morgan fingerprint density at radius 2 is 2.14 bits per heavy atom. The Balaban J connectivity index is 1.49. The van der Waals surface area contributed by atoms with Gasteiger partial charge in [0, 0.05) is 11.3 Å². The second kappa shape index (κ2) is 9.55. The van der Waals surface area contributed by atoms with Crippen LogP contribution in [0.3, 0.4) is 0 Å². The summed E-state index contributed by atoms with van der Waals surface area (Å²) in [4.78, 5) is 16.1. The molecule has 4 N–H and O–H groups in total. The summed E-state index contributed by atoms with van der Waals surface area (Å²) in [5.41, 5.74) is 3.62. The van der Waals surface area contributed by atoms with Gasteiger partial charge in [-0.2, -0.15) is 10.1 Å². The highest BCUT2D eigenvalue weighted by Crippen LogP contribution is 2.21. The van der Waals surface area contributed by atoms with Crippen molar-refractivity contribution in [1.82, 2.24) is 15.2 Å². The molecule has 3 aromatic rings. The van der Waals surface area contributed by atoms with E-state index in [-0.39, 0.29) is 29.2 Å². The van der Waals surface area contributed by atoms with Crippen LogP contribution in [0.4, 0.5) is 16.0 Å². The van der Waals surface area contributed by atoms with E-state index in [0.29, 0.717) is 22.2 Å². The number of halogens is 1. The van der Waals surface area contributed by atoms with Gasteiger partial charge in [-0.15, -0.1) is 5.10 Å². The van der Waals surface area contributed by atoms with Crippen molar-refractivity contribution in [2.75, 3.05) is 23.6 Å². The minimum Gasteiger partial charge on any atom is -0.507 e. The summed E-state index contributed by atoms with van der Waals surface area (Å²) in [6.45, 7) is 0. The summed E-state index contributed by atoms with van der Waals surface area (Å²) in [7, 11) is 1.53. The minimum absolute atomic E-state index is 0.0531. The molecular weight excluding hydrogens is 399 g/mol. The van der Waals surface area contributed by atoms with Crippen molar-refractivity contribution >= 4 is 35.5 Å². The molecule has 1 aromatic heterocycles. The zero-order chi connectivity index (χ0) is 20.6. The lowest BCUT2D eigenvalue weighted by Crippen LogP contribution is -2.14. The van der Waals surface area contributed by atoms with Gasteiger partial charge in [-0.05, 0) is 42.5 Å². The van der Waals surface area contributed by atoms with E-state index in [1.54, 1.807) is 12.1 Å². The molecule has 0 radical (unpaired) electrons. The van der Waals surface area contributed by atoms with E-state index in [1.807, 2.05) is 0 Å². The maximum Gasteiger partial charge on any atom is 0.240 e. The number of anilines is 2. The Bertz CT molecular complexity index is 1010. The number of benzene rings is 2. The molecule has 0 unspecified atom stereocenters. The molecule has 3 rings (SSSR count). The van der Waals surface area contributed by atoms with Gasteiger partial charge in [0.25, 0.3) is 0 Å². The number of hydrogen-bond acceptors (Lipinski definition) is 8. The van der Waals surface area contributed by atoms with Crippen LogP contribution < -0.4 is 15.5 Å². The molecule has 0 aliphatic rings. The maximum absolute atomic E-state index is 12.9. The molecule has 29 heavy (non-hydrogen) atoms. The fourth-order valence-corrected chi connectivity index (χ4v) is 2.75. The average molecular weight is 416 g/mol. The van der Waals surface area contributed by atoms with Gasteiger partial charge in [-0.3, -0.25) is 4.79 Å². The number of hydrogen-bond donors (Lipinski definition) is 4. The first kappa shape index (κ1) is 20.1. The lowest BCUT2D eigenvalue weighted by atomic mass is 10.2. The van der Waals surface area contributed by atoms with E-state index in [0.717, 1.165) is 11.8 Å². The number of amides is 1. The minimum atomic E-state index is -0.373. The highest BCUT2D eigenvalue weighted by atomic mass is 32.2. The largest absolute Gasteiger partial charge is 0.507 e. The first-order valence-corrected chi connectivity index (χ1v) is 9.29. The molecule has 0 spiro atoms. The SMILES string of the molecule is COc1ccc(O)c(/C=N/Nc2nc(SCC(=O)Nc3ccc(F)cc3)n[nH]2)c1. The predicted molar refractivity (Wildman–Crippen MR) is 108 cm³/mol. The lowest BCUT2D eigenvalue weighted by molar-refractivity contribution is -0.113. The predicted octanol–water partition coefficient (Wildman–Crippen LogP) is 2.83. The third kappa shape index (κ3) is 5.94. The number of nitrogens with one attached hydrogen (secondary N) is 3. The van der Waals surface area contributed by atoms with Crippen LogP contribution in [0, 0.1) is 5.82 Å². The Labute approximate surface area is 169 Å². The standard InChI is InChI=1S/C18H17FN6O3S/c1-28-14-6-7-15(26)11(8-14)9-20-23-17-22-18(25-24-17)29-10-16(27)21-13-4-2-12(19)3-5-13/h2-9,26H,10H2,1H3,(H,21,27)(H2,22,23,24,25)/b20-9+. The first-order valence-electron chi connectivity index (χ1n) is 8.30. The number of thioether (sulfide) groups is 1. The summed E-state index contributed by atoms with van der Waals surface area (Å²) in [5.74, 6) is 0.342. The van der Waals surface area contributed by atoms with Gasteiger partial charge in [0.05, 0.1) is 19.1 Å². The summed E-state index contributed by atoms with van der Waals surface area (Å²) in [6, 6.07) is 10.2. The fourth-order valence-electron chi connectivity index (χ4n) is 2.15. The Kier molecular flexibility index (Phi) is 6.63. The normalized spacial score (nSPS) is 10.8. The van der Waals surface area contributed by atoms with Crippen LogP contribution in [0.2, 0.25) is 0 Å². The average Bonchev–Trinajstić information content (AvgIpc) is 3.17. The number of phenolic OH excluding ortho intramolecular Hbond substituents is 1. The van der Waals surface area contributed by atoms with Crippen LogP contribution in [-0.4, -0.2) is 45.3 Å². The smallest absolute Gasteiger partial charge is 0.240 e. The van der Waals surface area contributed by atoms with Gasteiger partial charge in [0.2, 0.25) is 17.0 Å². The van der Waals surface area contributed by atoms with E-state index < -0.39 is 0 Å². The van der Waals surface area contributed by atoms with Crippen molar-refractivity contribution in [3.05, 3.63) is 53.8 Å². The summed E-state index contributed by atoms with van der Waals surface area (Å²) < 4.78 is 18.0. The number of H-pyrrole nitrogens is 1. The summed E-state index contributed by atoms with van der Waals surface area (Å²) in [6.07, 6.45) is 1.41. The van der Waals surface area contributed by atoms with Crippen LogP contribution in [0.25, 0.3) is 0 Å². The van der Waals surface area contributed by atoms with Gasteiger partial charge in [-0.1, -0.05) is 11.8 Å². The van der Waals surface area contributed by atoms with Crippen LogP contribution in [0.1, 0.15) is 5.56 Å². The first-order chi connectivity index (χ1) is 14.0. The molecule has 0 aliphatic heterocycles. The fraction of sp³-hybridized carbons (Fsp3) is 0.111. The molecule has 0 saturated carbocycles. The zero-order valence-electron chi connectivity index (χ0n) is 15.2. The highest BCUT2D eigenvalue weighted by Gasteiger charge is 2.08. The Hall–Kier alpha value is -3.60. The monoisotopic (exact) mass is 416 g/mol. The Morgan fingerprint density at radius 3 is 2.90 bits per heavy atom. The topological polar surface area (TPSA) is 125 Å². The quantitative estimate of drug-likeness (QED) is 0.253. The number of carbonyl (C=O) groups excluding carboxylic acids is 1. The van der Waals surface area contributed by atoms with Gasteiger partial charge in [0.1, 0.15) is 17.3 Å². The number of phenols is 1. The number of rotatable bonds is 8. The second-order valence-electron chi connectivity index (χ2n) is 5.61. The highest BCUT2D eigenvalue weighted by molar-refractivity contribution is 7.99. The number of aromatic amines is 1. The van der Waals surface area contributed by atoms with Crippen LogP contribution in [-0.2, 0) is 4.79 Å². The van der Waals surface area contributed by atoms with Gasteiger partial charge < -0.3 is 15.2 Å². The van der Waals surface area contributed by atoms with Crippen molar-refractivity contribution in [2.24, 2.45) is 5.10 Å². The molecule has 1 amide bonds. The Morgan fingerprint density at radius 1 is 1.34 bits per heavy atom. The third-order valence-electron chi connectivity index (χ3n) is 3.53. The molecule has 0 aliphatic carbocycles. The summed E-state index contributed by atoms with van der Waals surface area (Å²) in [5, 5.41) is 23.4. The molecule has 0 bridgehead atoms. The number of carbonyl (C=O) groups is 1. The number of ether oxygens (including phenoxy) is 1.